The van der Waals surface area contributed by atoms with Gasteiger partial charge in [-0.3, -0.25) is 9.59 Å². The number of piperazine rings is 1. The fraction of sp³-hybridized carbons (Fsp3) is 0.529. The van der Waals surface area contributed by atoms with E-state index in [1.54, 1.807) is 17.0 Å². The van der Waals surface area contributed by atoms with E-state index in [9.17, 15) is 14.7 Å². The third-order valence-corrected chi connectivity index (χ3v) is 4.29. The molecule has 7 nitrogen and oxygen atoms in total. The molecular formula is C17H27ClN4O3. The van der Waals surface area contributed by atoms with Gasteiger partial charge in [-0.2, -0.15) is 0 Å². The third kappa shape index (κ3) is 5.51. The van der Waals surface area contributed by atoms with Gasteiger partial charge in [0.1, 0.15) is 5.75 Å². The van der Waals surface area contributed by atoms with Gasteiger partial charge in [0.2, 0.25) is 11.8 Å². The second-order valence-electron chi connectivity index (χ2n) is 6.34. The number of phenolic OH excluding ortho intramolecular Hbond substituents is 1. The highest BCUT2D eigenvalue weighted by molar-refractivity contribution is 5.87. The first kappa shape index (κ1) is 21.1. The van der Waals surface area contributed by atoms with Crippen LogP contribution < -0.4 is 16.0 Å². The van der Waals surface area contributed by atoms with Crippen molar-refractivity contribution in [3.63, 3.8) is 0 Å². The van der Waals surface area contributed by atoms with Crippen LogP contribution in [-0.2, 0) is 9.59 Å². The van der Waals surface area contributed by atoms with Crippen LogP contribution >= 0.6 is 12.4 Å². The Morgan fingerprint density at radius 3 is 2.36 bits per heavy atom. The van der Waals surface area contributed by atoms with Crippen molar-refractivity contribution in [1.82, 2.24) is 10.2 Å². The van der Waals surface area contributed by atoms with Crippen molar-refractivity contribution in [2.45, 2.75) is 19.9 Å². The molecule has 0 aliphatic carbocycles. The number of nitrogens with one attached hydrogen (secondary N) is 1. The van der Waals surface area contributed by atoms with Crippen molar-refractivity contribution >= 4 is 29.9 Å². The number of hydrogen-bond acceptors (Lipinski definition) is 5. The summed E-state index contributed by atoms with van der Waals surface area (Å²) in [5.74, 6) is -0.142. The molecule has 1 atom stereocenters. The summed E-state index contributed by atoms with van der Waals surface area (Å²) in [5.41, 5.74) is 6.53. The predicted octanol–water partition coefficient (Wildman–Crippen LogP) is 0.562. The van der Waals surface area contributed by atoms with E-state index in [0.29, 0.717) is 26.2 Å². The first-order chi connectivity index (χ1) is 11.4. The van der Waals surface area contributed by atoms with Gasteiger partial charge in [-0.15, -0.1) is 12.4 Å². The summed E-state index contributed by atoms with van der Waals surface area (Å²) < 4.78 is 0. The first-order valence-corrected chi connectivity index (χ1v) is 8.24. The average Bonchev–Trinajstić information content (AvgIpc) is 2.59. The predicted molar refractivity (Wildman–Crippen MR) is 100.0 cm³/mol. The van der Waals surface area contributed by atoms with Crippen molar-refractivity contribution < 1.29 is 14.7 Å². The Balaban J connectivity index is 0.00000312. The minimum Gasteiger partial charge on any atom is -0.506 e. The Labute approximate surface area is 154 Å². The van der Waals surface area contributed by atoms with Crippen LogP contribution in [-0.4, -0.2) is 60.6 Å². The van der Waals surface area contributed by atoms with Crippen molar-refractivity contribution in [2.24, 2.45) is 11.7 Å². The van der Waals surface area contributed by atoms with Crippen LogP contribution in [0.1, 0.15) is 13.8 Å². The summed E-state index contributed by atoms with van der Waals surface area (Å²) in [6, 6.07) is 6.57. The number of benzene rings is 1. The number of halogens is 1. The van der Waals surface area contributed by atoms with Crippen molar-refractivity contribution in [2.75, 3.05) is 37.6 Å². The van der Waals surface area contributed by atoms with Gasteiger partial charge >= 0.3 is 0 Å². The number of amides is 2. The first-order valence-electron chi connectivity index (χ1n) is 8.24. The van der Waals surface area contributed by atoms with Gasteiger partial charge in [0.25, 0.3) is 0 Å². The number of para-hydroxylation sites is 2. The SMILES string of the molecule is CC(C)[C@H](N)C(=O)NCC(=O)N1CCN(c2ccccc2O)CC1.Cl. The maximum atomic E-state index is 12.2. The molecule has 140 valence electrons. The van der Waals surface area contributed by atoms with E-state index in [1.807, 2.05) is 30.9 Å². The number of anilines is 1. The van der Waals surface area contributed by atoms with Crippen LogP contribution in [0, 0.1) is 5.92 Å². The summed E-state index contributed by atoms with van der Waals surface area (Å²) in [4.78, 5) is 27.8. The van der Waals surface area contributed by atoms with Crippen molar-refractivity contribution in [3.8, 4) is 5.75 Å². The van der Waals surface area contributed by atoms with Crippen molar-refractivity contribution in [3.05, 3.63) is 24.3 Å². The van der Waals surface area contributed by atoms with Gasteiger partial charge < -0.3 is 26.0 Å². The lowest BCUT2D eigenvalue weighted by molar-refractivity contribution is -0.133. The maximum absolute atomic E-state index is 12.2. The maximum Gasteiger partial charge on any atom is 0.242 e. The highest BCUT2D eigenvalue weighted by Crippen LogP contribution is 2.27. The average molecular weight is 371 g/mol. The van der Waals surface area contributed by atoms with E-state index in [1.165, 1.54) is 0 Å². The van der Waals surface area contributed by atoms with Gasteiger partial charge in [-0.05, 0) is 18.1 Å². The van der Waals surface area contributed by atoms with Crippen molar-refractivity contribution in [1.29, 1.82) is 0 Å². The zero-order valence-corrected chi connectivity index (χ0v) is 15.5. The quantitative estimate of drug-likeness (QED) is 0.703. The second-order valence-corrected chi connectivity index (χ2v) is 6.34. The van der Waals surface area contributed by atoms with E-state index >= 15 is 0 Å². The summed E-state index contributed by atoms with van der Waals surface area (Å²) in [6.07, 6.45) is 0. The molecule has 0 spiro atoms. The summed E-state index contributed by atoms with van der Waals surface area (Å²) >= 11 is 0. The number of carbonyl (C=O) groups excluding carboxylic acids is 2. The van der Waals surface area contributed by atoms with E-state index in [2.05, 4.69) is 5.32 Å². The van der Waals surface area contributed by atoms with E-state index < -0.39 is 6.04 Å². The number of nitrogens with two attached hydrogens (primary N) is 1. The Morgan fingerprint density at radius 1 is 1.20 bits per heavy atom. The molecule has 1 aromatic rings. The molecule has 0 aromatic heterocycles. The molecule has 0 unspecified atom stereocenters. The largest absolute Gasteiger partial charge is 0.506 e. The van der Waals surface area contributed by atoms with Crippen LogP contribution in [0.2, 0.25) is 0 Å². The fourth-order valence-corrected chi connectivity index (χ4v) is 2.62. The fourth-order valence-electron chi connectivity index (χ4n) is 2.62. The van der Waals surface area contributed by atoms with Gasteiger partial charge in [0.05, 0.1) is 18.3 Å². The minimum atomic E-state index is -0.601. The van der Waals surface area contributed by atoms with Gasteiger partial charge in [0, 0.05) is 26.2 Å². The lowest BCUT2D eigenvalue weighted by atomic mass is 10.1. The summed E-state index contributed by atoms with van der Waals surface area (Å²) in [7, 11) is 0. The zero-order chi connectivity index (χ0) is 17.7. The standard InChI is InChI=1S/C17H26N4O3.ClH/c1-12(2)16(18)17(24)19-11-15(23)21-9-7-20(8-10-21)13-5-3-4-6-14(13)22;/h3-6,12,16,22H,7-11,18H2,1-2H3,(H,19,24);1H/t16-;/m0./s1. The summed E-state index contributed by atoms with van der Waals surface area (Å²) in [6.45, 7) is 6.09. The summed E-state index contributed by atoms with van der Waals surface area (Å²) in [5, 5.41) is 12.5. The Kier molecular flexibility index (Phi) is 7.99. The number of carbonyl (C=O) groups is 2. The smallest absolute Gasteiger partial charge is 0.242 e. The number of nitrogens with zero attached hydrogens (tertiary/aromatic N) is 2. The molecule has 1 aliphatic heterocycles. The Bertz CT molecular complexity index is 589. The molecule has 1 heterocycles. The number of aromatic hydroxyl groups is 1. The lowest BCUT2D eigenvalue weighted by Gasteiger charge is -2.36. The van der Waals surface area contributed by atoms with Gasteiger partial charge in [-0.1, -0.05) is 26.0 Å². The lowest BCUT2D eigenvalue weighted by Crippen LogP contribution is -2.52. The normalized spacial score (nSPS) is 15.5. The number of rotatable bonds is 5. The highest BCUT2D eigenvalue weighted by atomic mass is 35.5. The van der Waals surface area contributed by atoms with E-state index in [4.69, 9.17) is 5.73 Å². The van der Waals surface area contributed by atoms with Crippen LogP contribution in [0.5, 0.6) is 5.75 Å². The molecule has 2 rings (SSSR count). The molecular weight excluding hydrogens is 344 g/mol. The Hall–Kier alpha value is -1.99. The topological polar surface area (TPSA) is 98.9 Å². The molecule has 2 amide bonds. The second kappa shape index (κ2) is 9.48. The van der Waals surface area contributed by atoms with Gasteiger partial charge in [-0.25, -0.2) is 0 Å². The molecule has 25 heavy (non-hydrogen) atoms. The van der Waals surface area contributed by atoms with Crippen LogP contribution in [0.15, 0.2) is 24.3 Å². The molecule has 0 radical (unpaired) electrons. The molecule has 0 bridgehead atoms. The van der Waals surface area contributed by atoms with Gasteiger partial charge in [0.15, 0.2) is 0 Å². The van der Waals surface area contributed by atoms with Crippen LogP contribution in [0.25, 0.3) is 0 Å². The monoisotopic (exact) mass is 370 g/mol. The third-order valence-electron chi connectivity index (χ3n) is 4.29. The highest BCUT2D eigenvalue weighted by Gasteiger charge is 2.24. The molecule has 1 saturated heterocycles. The molecule has 1 aromatic carbocycles. The molecule has 1 aliphatic rings. The minimum absolute atomic E-state index is 0. The van der Waals surface area contributed by atoms with E-state index in [0.717, 1.165) is 5.69 Å². The van der Waals surface area contributed by atoms with E-state index in [-0.39, 0.29) is 42.4 Å². The molecule has 8 heteroatoms. The molecule has 0 saturated carbocycles. The number of phenols is 1. The number of hydrogen-bond donors (Lipinski definition) is 3. The Morgan fingerprint density at radius 2 is 1.80 bits per heavy atom. The molecule has 4 N–H and O–H groups in total. The van der Waals surface area contributed by atoms with Crippen LogP contribution in [0.3, 0.4) is 0 Å². The molecule has 1 fully saturated rings. The zero-order valence-electron chi connectivity index (χ0n) is 14.6. The van der Waals surface area contributed by atoms with Crippen LogP contribution in [0.4, 0.5) is 5.69 Å².